The molecular formula is C11H17ClN4O2S. The van der Waals surface area contributed by atoms with Crippen LogP contribution < -0.4 is 10.6 Å². The van der Waals surface area contributed by atoms with Crippen LogP contribution in [0.3, 0.4) is 0 Å². The van der Waals surface area contributed by atoms with Gasteiger partial charge in [-0.05, 0) is 25.2 Å². The van der Waals surface area contributed by atoms with Crippen LogP contribution in [0, 0.1) is 0 Å². The second-order valence-corrected chi connectivity index (χ2v) is 6.61. The number of nitrogen functional groups attached to an aromatic ring is 1. The van der Waals surface area contributed by atoms with Crippen LogP contribution in [0.2, 0.25) is 5.02 Å². The molecule has 1 aliphatic rings. The monoisotopic (exact) mass is 304 g/mol. The summed E-state index contributed by atoms with van der Waals surface area (Å²) in [5, 5.41) is 1.81. The molecule has 0 saturated carbocycles. The number of hydrogen-bond acceptors (Lipinski definition) is 5. The molecule has 1 heterocycles. The van der Waals surface area contributed by atoms with Crippen molar-refractivity contribution in [3.63, 3.8) is 0 Å². The van der Waals surface area contributed by atoms with Gasteiger partial charge >= 0.3 is 0 Å². The highest BCUT2D eigenvalue weighted by Gasteiger charge is 2.23. The highest BCUT2D eigenvalue weighted by Crippen LogP contribution is 2.23. The van der Waals surface area contributed by atoms with E-state index in [1.54, 1.807) is 5.01 Å². The van der Waals surface area contributed by atoms with Crippen LogP contribution in [0.1, 0.15) is 0 Å². The summed E-state index contributed by atoms with van der Waals surface area (Å²) >= 11 is 5.93. The summed E-state index contributed by atoms with van der Waals surface area (Å²) in [7, 11) is -1.65. The van der Waals surface area contributed by atoms with Gasteiger partial charge in [0.2, 0.25) is 0 Å². The average molecular weight is 305 g/mol. The van der Waals surface area contributed by atoms with Crippen molar-refractivity contribution in [2.45, 2.75) is 4.90 Å². The van der Waals surface area contributed by atoms with E-state index in [0.717, 1.165) is 13.1 Å². The molecule has 0 bridgehead atoms. The highest BCUT2D eigenvalue weighted by atomic mass is 35.5. The number of nitrogens with two attached hydrogens (primary N) is 1. The fourth-order valence-electron chi connectivity index (χ4n) is 1.85. The van der Waals surface area contributed by atoms with Crippen molar-refractivity contribution in [1.29, 1.82) is 0 Å². The molecule has 0 aliphatic carbocycles. The Labute approximate surface area is 118 Å². The molecule has 0 unspecified atom stereocenters. The Kier molecular flexibility index (Phi) is 4.32. The molecule has 1 fully saturated rings. The number of likely N-dealkylation sites (N-methyl/N-ethyl adjacent to an activating group) is 1. The predicted molar refractivity (Wildman–Crippen MR) is 75.3 cm³/mol. The molecule has 1 saturated heterocycles. The standard InChI is InChI=1S/C11H17ClN4O2S/c1-15-4-6-16(7-5-15)14-19(17,18)11-3-2-9(13)8-10(11)12/h2-3,8,14H,4-7,13H2,1H3. The van der Waals surface area contributed by atoms with E-state index in [1.807, 2.05) is 7.05 Å². The van der Waals surface area contributed by atoms with Gasteiger partial charge < -0.3 is 10.6 Å². The SMILES string of the molecule is CN1CCN(NS(=O)(=O)c2ccc(N)cc2Cl)CC1. The van der Waals surface area contributed by atoms with Crippen LogP contribution in [0.25, 0.3) is 0 Å². The molecule has 19 heavy (non-hydrogen) atoms. The minimum atomic E-state index is -3.65. The maximum absolute atomic E-state index is 12.2. The molecule has 0 atom stereocenters. The summed E-state index contributed by atoms with van der Waals surface area (Å²) < 4.78 is 24.4. The Morgan fingerprint density at radius 2 is 1.89 bits per heavy atom. The lowest BCUT2D eigenvalue weighted by molar-refractivity contribution is 0.135. The van der Waals surface area contributed by atoms with E-state index in [0.29, 0.717) is 18.8 Å². The van der Waals surface area contributed by atoms with Gasteiger partial charge in [-0.3, -0.25) is 0 Å². The molecule has 3 N–H and O–H groups in total. The van der Waals surface area contributed by atoms with Crippen molar-refractivity contribution in [3.05, 3.63) is 23.2 Å². The maximum atomic E-state index is 12.2. The summed E-state index contributed by atoms with van der Waals surface area (Å²) in [4.78, 5) is 4.73. The Bertz CT molecular complexity index is 556. The van der Waals surface area contributed by atoms with E-state index < -0.39 is 10.0 Å². The lowest BCUT2D eigenvalue weighted by Crippen LogP contribution is -2.52. The second kappa shape index (κ2) is 5.64. The molecule has 1 aromatic carbocycles. The number of halogens is 1. The topological polar surface area (TPSA) is 78.7 Å². The third kappa shape index (κ3) is 3.58. The van der Waals surface area contributed by atoms with Crippen molar-refractivity contribution < 1.29 is 8.42 Å². The number of hydrazine groups is 1. The zero-order valence-corrected chi connectivity index (χ0v) is 12.2. The fraction of sp³-hybridized carbons (Fsp3) is 0.455. The van der Waals surface area contributed by atoms with Gasteiger partial charge in [-0.25, -0.2) is 13.4 Å². The third-order valence-electron chi connectivity index (χ3n) is 3.00. The van der Waals surface area contributed by atoms with E-state index in [1.165, 1.54) is 18.2 Å². The second-order valence-electron chi connectivity index (χ2n) is 4.57. The number of sulfonamides is 1. The smallest absolute Gasteiger partial charge is 0.254 e. The number of rotatable bonds is 3. The Hall–Kier alpha value is -0.860. The molecule has 6 nitrogen and oxygen atoms in total. The quantitative estimate of drug-likeness (QED) is 0.789. The van der Waals surface area contributed by atoms with Gasteiger partial charge in [0.1, 0.15) is 4.90 Å². The number of nitrogens with one attached hydrogen (secondary N) is 1. The minimum Gasteiger partial charge on any atom is -0.399 e. The van der Waals surface area contributed by atoms with Crippen LogP contribution in [0.15, 0.2) is 23.1 Å². The Morgan fingerprint density at radius 1 is 1.26 bits per heavy atom. The molecular weight excluding hydrogens is 288 g/mol. The molecule has 1 aromatic rings. The minimum absolute atomic E-state index is 0.0438. The van der Waals surface area contributed by atoms with Crippen molar-refractivity contribution in [2.75, 3.05) is 39.0 Å². The van der Waals surface area contributed by atoms with Gasteiger partial charge in [0.15, 0.2) is 0 Å². The zero-order chi connectivity index (χ0) is 14.0. The van der Waals surface area contributed by atoms with Crippen LogP contribution in [0.4, 0.5) is 5.69 Å². The zero-order valence-electron chi connectivity index (χ0n) is 10.6. The van der Waals surface area contributed by atoms with Crippen LogP contribution in [-0.2, 0) is 10.0 Å². The molecule has 0 amide bonds. The first-order chi connectivity index (χ1) is 8.88. The van der Waals surface area contributed by atoms with E-state index in [2.05, 4.69) is 9.73 Å². The fourth-order valence-corrected chi connectivity index (χ4v) is 3.53. The summed E-state index contributed by atoms with van der Waals surface area (Å²) in [6.07, 6.45) is 0. The largest absolute Gasteiger partial charge is 0.399 e. The van der Waals surface area contributed by atoms with E-state index in [-0.39, 0.29) is 9.92 Å². The Balaban J connectivity index is 2.14. The van der Waals surface area contributed by atoms with Crippen molar-refractivity contribution in [1.82, 2.24) is 14.7 Å². The van der Waals surface area contributed by atoms with Crippen LogP contribution >= 0.6 is 11.6 Å². The third-order valence-corrected chi connectivity index (χ3v) is 4.86. The molecule has 0 spiro atoms. The first kappa shape index (κ1) is 14.5. The molecule has 2 rings (SSSR count). The first-order valence-electron chi connectivity index (χ1n) is 5.89. The molecule has 0 radical (unpaired) electrons. The number of nitrogens with zero attached hydrogens (tertiary/aromatic N) is 2. The van der Waals surface area contributed by atoms with E-state index in [4.69, 9.17) is 17.3 Å². The molecule has 8 heteroatoms. The maximum Gasteiger partial charge on any atom is 0.254 e. The van der Waals surface area contributed by atoms with Gasteiger partial charge in [-0.2, -0.15) is 0 Å². The van der Waals surface area contributed by atoms with E-state index in [9.17, 15) is 8.42 Å². The lowest BCUT2D eigenvalue weighted by Gasteiger charge is -2.32. The van der Waals surface area contributed by atoms with E-state index >= 15 is 0 Å². The van der Waals surface area contributed by atoms with Gasteiger partial charge in [0, 0.05) is 31.9 Å². The summed E-state index contributed by atoms with van der Waals surface area (Å²) in [6, 6.07) is 4.36. The number of anilines is 1. The van der Waals surface area contributed by atoms with Gasteiger partial charge in [-0.15, -0.1) is 4.83 Å². The first-order valence-corrected chi connectivity index (χ1v) is 7.75. The van der Waals surface area contributed by atoms with Gasteiger partial charge in [-0.1, -0.05) is 11.6 Å². The highest BCUT2D eigenvalue weighted by molar-refractivity contribution is 7.89. The Morgan fingerprint density at radius 3 is 2.47 bits per heavy atom. The van der Waals surface area contributed by atoms with Crippen molar-refractivity contribution in [3.8, 4) is 0 Å². The number of hydrogen-bond donors (Lipinski definition) is 2. The van der Waals surface area contributed by atoms with Crippen LogP contribution in [-0.4, -0.2) is 51.6 Å². The number of benzene rings is 1. The number of piperazine rings is 1. The van der Waals surface area contributed by atoms with Crippen molar-refractivity contribution in [2.24, 2.45) is 0 Å². The van der Waals surface area contributed by atoms with Crippen LogP contribution in [0.5, 0.6) is 0 Å². The summed E-state index contributed by atoms with van der Waals surface area (Å²) in [5.74, 6) is 0. The van der Waals surface area contributed by atoms with Crippen molar-refractivity contribution >= 4 is 27.3 Å². The predicted octanol–water partition coefficient (Wildman–Crippen LogP) is 0.363. The lowest BCUT2D eigenvalue weighted by atomic mass is 10.3. The van der Waals surface area contributed by atoms with Gasteiger partial charge in [0.25, 0.3) is 10.0 Å². The average Bonchev–Trinajstić information content (AvgIpc) is 2.31. The summed E-state index contributed by atoms with van der Waals surface area (Å²) in [5.41, 5.74) is 5.99. The molecule has 106 valence electrons. The van der Waals surface area contributed by atoms with Gasteiger partial charge in [0.05, 0.1) is 5.02 Å². The summed E-state index contributed by atoms with van der Waals surface area (Å²) in [6.45, 7) is 2.92. The molecule has 0 aromatic heterocycles. The normalized spacial score (nSPS) is 18.6. The molecule has 1 aliphatic heterocycles.